The van der Waals surface area contributed by atoms with Crippen LogP contribution >= 0.6 is 15.6 Å². The Bertz CT molecular complexity index is 1220. The third-order valence-electron chi connectivity index (χ3n) is 6.81. The summed E-state index contributed by atoms with van der Waals surface area (Å²) in [6.45, 7) is -1.66. The molecule has 0 bridgehead atoms. The number of aromatic amines is 1. The number of aliphatic hydroxyl groups is 6. The first-order valence-electron chi connectivity index (χ1n) is 10.8. The van der Waals surface area contributed by atoms with Crippen molar-refractivity contribution in [2.75, 3.05) is 13.2 Å². The molecule has 0 amide bonds. The van der Waals surface area contributed by atoms with E-state index in [0.29, 0.717) is 0 Å². The van der Waals surface area contributed by atoms with E-state index in [0.717, 1.165) is 16.8 Å². The van der Waals surface area contributed by atoms with Crippen LogP contribution in [0.25, 0.3) is 0 Å². The fraction of sp³-hybridized carbons (Fsp3) is 0.765. The summed E-state index contributed by atoms with van der Waals surface area (Å²) in [6, 6.07) is 1.04. The number of nitrogens with zero attached hydrogens (tertiary/aromatic N) is 1. The van der Waals surface area contributed by atoms with Crippen LogP contribution in [-0.2, 0) is 32.8 Å². The van der Waals surface area contributed by atoms with Crippen molar-refractivity contribution in [3.63, 3.8) is 0 Å². The van der Waals surface area contributed by atoms with Gasteiger partial charge < -0.3 is 45.2 Å². The van der Waals surface area contributed by atoms with Crippen LogP contribution in [-0.4, -0.2) is 106 Å². The molecule has 37 heavy (non-hydrogen) atoms. The van der Waals surface area contributed by atoms with Crippen molar-refractivity contribution in [3.8, 4) is 0 Å². The zero-order valence-electron chi connectivity index (χ0n) is 18.7. The van der Waals surface area contributed by atoms with Crippen molar-refractivity contribution in [2.24, 2.45) is 11.8 Å². The zero-order valence-corrected chi connectivity index (χ0v) is 20.4. The lowest BCUT2D eigenvalue weighted by Gasteiger charge is -2.39. The summed E-state index contributed by atoms with van der Waals surface area (Å²) in [7, 11) is -11.0. The third-order valence-corrected chi connectivity index (χ3v) is 9.41. The number of ether oxygens (including phenoxy) is 1. The monoisotopic (exact) mass is 576 g/mol. The average Bonchev–Trinajstić information content (AvgIpc) is 3.49. The van der Waals surface area contributed by atoms with Gasteiger partial charge in [-0.2, -0.15) is 4.31 Å². The van der Waals surface area contributed by atoms with Gasteiger partial charge in [0, 0.05) is 18.2 Å². The Morgan fingerprint density at radius 2 is 1.73 bits per heavy atom. The number of phosphoric ester groups is 2. The van der Waals surface area contributed by atoms with Gasteiger partial charge >= 0.3 is 21.3 Å². The highest BCUT2D eigenvalue weighted by Crippen LogP contribution is 2.65. The molecule has 12 atom stereocenters. The van der Waals surface area contributed by atoms with Crippen LogP contribution < -0.4 is 11.2 Å². The Labute approximate surface area is 206 Å². The Kier molecular flexibility index (Phi) is 7.75. The standard InChI is InChI=1S/C17H26N2O16P2/c20-4-8-11(23)12(24)13(25)15(33-8)34-37(30,31)35-36(28,29)32-5-6-7-3-17(7,14(26)10(6)22)19-2-1-9(21)18-16(19)27/h1-2,6-8,10-15,20,22-26H,3-5H2,(H,28,29)(H,30,31)(H,18,21,27)/t6-,7-,8+,10+,11+,12-,13+,14+,15+,17+/m0/s1. The van der Waals surface area contributed by atoms with E-state index in [-0.39, 0.29) is 6.42 Å². The van der Waals surface area contributed by atoms with Crippen molar-refractivity contribution >= 4 is 15.6 Å². The molecular formula is C17H26N2O16P2. The summed E-state index contributed by atoms with van der Waals surface area (Å²) in [5.74, 6) is -1.69. The van der Waals surface area contributed by atoms with Crippen molar-refractivity contribution < 1.29 is 67.7 Å². The van der Waals surface area contributed by atoms with E-state index in [1.54, 1.807) is 0 Å². The molecule has 4 rings (SSSR count). The molecule has 1 aromatic heterocycles. The minimum Gasteiger partial charge on any atom is -0.394 e. The fourth-order valence-corrected chi connectivity index (χ4v) is 7.13. The van der Waals surface area contributed by atoms with Gasteiger partial charge in [-0.3, -0.25) is 23.4 Å². The molecule has 0 aromatic carbocycles. The zero-order chi connectivity index (χ0) is 27.5. The van der Waals surface area contributed by atoms with E-state index in [1.165, 1.54) is 0 Å². The van der Waals surface area contributed by atoms with Crippen molar-refractivity contribution in [1.82, 2.24) is 9.55 Å². The third kappa shape index (κ3) is 5.28. The molecule has 2 aliphatic carbocycles. The number of fused-ring (bicyclic) bond motifs is 1. The van der Waals surface area contributed by atoms with Crippen molar-refractivity contribution in [3.05, 3.63) is 33.1 Å². The van der Waals surface area contributed by atoms with E-state index < -0.39 is 100 Å². The van der Waals surface area contributed by atoms with E-state index in [9.17, 15) is 54.0 Å². The lowest BCUT2D eigenvalue weighted by molar-refractivity contribution is -0.280. The summed E-state index contributed by atoms with van der Waals surface area (Å²) < 4.78 is 43.9. The Morgan fingerprint density at radius 3 is 2.35 bits per heavy atom. The molecule has 20 heteroatoms. The number of phosphoric acid groups is 2. The van der Waals surface area contributed by atoms with Crippen LogP contribution in [0.2, 0.25) is 0 Å². The molecule has 0 spiro atoms. The molecule has 2 unspecified atom stereocenters. The van der Waals surface area contributed by atoms with Gasteiger partial charge in [-0.25, -0.2) is 13.9 Å². The SMILES string of the molecule is O=c1ccn([C@]23C[C@H]2[C@H](COP(=O)(O)OP(=O)(O)O[C@H]2O[C@H](CO)[C@@H](O)[C@H](O)[C@H]2O)[C@@H](O)[C@H]3O)c(=O)[nH]1. The maximum Gasteiger partial charge on any atom is 0.483 e. The normalized spacial score (nSPS) is 42.5. The quantitative estimate of drug-likeness (QED) is 0.126. The summed E-state index contributed by atoms with van der Waals surface area (Å²) in [6.07, 6.45) is -11.4. The number of hydrogen-bond acceptors (Lipinski definition) is 14. The van der Waals surface area contributed by atoms with Crippen molar-refractivity contribution in [2.45, 2.75) is 54.9 Å². The molecule has 18 nitrogen and oxygen atoms in total. The van der Waals surface area contributed by atoms with Gasteiger partial charge in [-0.15, -0.1) is 0 Å². The average molecular weight is 576 g/mol. The van der Waals surface area contributed by atoms with Crippen LogP contribution in [0, 0.1) is 11.8 Å². The second-order valence-electron chi connectivity index (χ2n) is 9.00. The second kappa shape index (κ2) is 10.0. The molecule has 3 aliphatic rings. The maximum atomic E-state index is 12.3. The molecule has 9 N–H and O–H groups in total. The molecule has 2 heterocycles. The van der Waals surface area contributed by atoms with E-state index in [2.05, 4.69) is 8.83 Å². The summed E-state index contributed by atoms with van der Waals surface area (Å²) in [5.41, 5.74) is -2.83. The van der Waals surface area contributed by atoms with E-state index in [1.807, 2.05) is 4.98 Å². The first-order valence-corrected chi connectivity index (χ1v) is 13.8. The van der Waals surface area contributed by atoms with Crippen LogP contribution in [0.4, 0.5) is 0 Å². The minimum absolute atomic E-state index is 0.139. The van der Waals surface area contributed by atoms with Gasteiger partial charge in [0.05, 0.1) is 24.9 Å². The molecular weight excluding hydrogens is 550 g/mol. The maximum absolute atomic E-state index is 12.3. The number of rotatable bonds is 9. The van der Waals surface area contributed by atoms with Crippen LogP contribution in [0.1, 0.15) is 6.42 Å². The number of H-pyrrole nitrogens is 1. The number of hydrogen-bond donors (Lipinski definition) is 9. The Balaban J connectivity index is 1.40. The van der Waals surface area contributed by atoms with Gasteiger partial charge in [0.1, 0.15) is 30.5 Å². The molecule has 0 radical (unpaired) electrons. The lowest BCUT2D eigenvalue weighted by Crippen LogP contribution is -2.58. The van der Waals surface area contributed by atoms with Gasteiger partial charge in [-0.1, -0.05) is 0 Å². The first kappa shape index (κ1) is 28.7. The predicted molar refractivity (Wildman–Crippen MR) is 114 cm³/mol. The van der Waals surface area contributed by atoms with Crippen LogP contribution in [0.3, 0.4) is 0 Å². The summed E-state index contributed by atoms with van der Waals surface area (Å²) >= 11 is 0. The predicted octanol–water partition coefficient (Wildman–Crippen LogP) is -4.35. The minimum atomic E-state index is -5.56. The number of aliphatic hydroxyl groups excluding tert-OH is 6. The molecule has 210 valence electrons. The van der Waals surface area contributed by atoms with Crippen LogP contribution in [0.5, 0.6) is 0 Å². The van der Waals surface area contributed by atoms with Gasteiger partial charge in [0.15, 0.2) is 6.29 Å². The van der Waals surface area contributed by atoms with Gasteiger partial charge in [-0.05, 0) is 12.3 Å². The highest BCUT2D eigenvalue weighted by molar-refractivity contribution is 7.61. The highest BCUT2D eigenvalue weighted by Gasteiger charge is 2.72. The number of aromatic nitrogens is 2. The topological polar surface area (TPSA) is 288 Å². The molecule has 1 aliphatic heterocycles. The van der Waals surface area contributed by atoms with E-state index >= 15 is 0 Å². The number of nitrogens with one attached hydrogen (secondary N) is 1. The summed E-state index contributed by atoms with van der Waals surface area (Å²) in [4.78, 5) is 45.4. The highest BCUT2D eigenvalue weighted by atomic mass is 31.3. The largest absolute Gasteiger partial charge is 0.483 e. The van der Waals surface area contributed by atoms with E-state index in [4.69, 9.17) is 14.4 Å². The van der Waals surface area contributed by atoms with Crippen LogP contribution in [0.15, 0.2) is 21.9 Å². The van der Waals surface area contributed by atoms with Crippen molar-refractivity contribution in [1.29, 1.82) is 0 Å². The fourth-order valence-electron chi connectivity index (χ4n) is 4.94. The molecule has 1 saturated heterocycles. The lowest BCUT2D eigenvalue weighted by atomic mass is 10.00. The molecule has 2 saturated carbocycles. The summed E-state index contributed by atoms with van der Waals surface area (Å²) in [5, 5.41) is 59.5. The Hall–Kier alpha value is -1.34. The van der Waals surface area contributed by atoms with Gasteiger partial charge in [0.2, 0.25) is 0 Å². The van der Waals surface area contributed by atoms with Gasteiger partial charge in [0.25, 0.3) is 5.56 Å². The smallest absolute Gasteiger partial charge is 0.394 e. The molecule has 3 fully saturated rings. The second-order valence-corrected chi connectivity index (χ2v) is 12.0. The molecule has 1 aromatic rings. The Morgan fingerprint density at radius 1 is 1.05 bits per heavy atom. The first-order chi connectivity index (χ1) is 17.1.